The molecule has 0 aliphatic heterocycles. The number of carbonyl (C=O) groups excluding carboxylic acids is 1. The normalized spacial score (nSPS) is 12.8. The minimum absolute atomic E-state index is 0.118. The van der Waals surface area contributed by atoms with Crippen LogP contribution in [0.3, 0.4) is 0 Å². The summed E-state index contributed by atoms with van der Waals surface area (Å²) in [5, 5.41) is 0. The summed E-state index contributed by atoms with van der Waals surface area (Å²) < 4.78 is 5.17. The Hall–Kier alpha value is -0.670. The second-order valence-corrected chi connectivity index (χ2v) is 4.58. The Morgan fingerprint density at radius 1 is 1.57 bits per heavy atom. The number of hydrogen-bond acceptors (Lipinski definition) is 3. The van der Waals surface area contributed by atoms with E-state index in [2.05, 4.69) is 6.92 Å². The minimum atomic E-state index is -0.266. The molecule has 14 heavy (non-hydrogen) atoms. The lowest BCUT2D eigenvalue weighted by molar-refractivity contribution is 0.0583. The number of rotatable bonds is 5. The van der Waals surface area contributed by atoms with Gasteiger partial charge >= 0.3 is 0 Å². The summed E-state index contributed by atoms with van der Waals surface area (Å²) in [6, 6.07) is 3.85. The predicted octanol–water partition coefficient (Wildman–Crippen LogP) is 3.05. The molecule has 0 saturated carbocycles. The Balaban J connectivity index is 2.72. The highest BCUT2D eigenvalue weighted by molar-refractivity contribution is 7.14. The molecule has 1 aromatic rings. The van der Waals surface area contributed by atoms with Crippen LogP contribution in [0.2, 0.25) is 0 Å². The van der Waals surface area contributed by atoms with E-state index in [-0.39, 0.29) is 11.9 Å². The third-order valence-corrected chi connectivity index (χ3v) is 3.13. The molecule has 1 unspecified atom stereocenters. The first kappa shape index (κ1) is 11.4. The number of thiophene rings is 1. The lowest BCUT2D eigenvalue weighted by Gasteiger charge is -2.11. The second-order valence-electron chi connectivity index (χ2n) is 3.29. The molecule has 0 amide bonds. The predicted molar refractivity (Wildman–Crippen MR) is 59.1 cm³/mol. The maximum atomic E-state index is 11.9. The zero-order valence-electron chi connectivity index (χ0n) is 8.87. The first-order valence-corrected chi connectivity index (χ1v) is 5.64. The van der Waals surface area contributed by atoms with Gasteiger partial charge in [0.15, 0.2) is 0 Å². The van der Waals surface area contributed by atoms with Crippen LogP contribution in [-0.2, 0) is 4.74 Å². The number of ketones is 1. The van der Waals surface area contributed by atoms with E-state index in [9.17, 15) is 4.79 Å². The van der Waals surface area contributed by atoms with E-state index in [4.69, 9.17) is 4.74 Å². The van der Waals surface area contributed by atoms with Crippen molar-refractivity contribution in [1.82, 2.24) is 0 Å². The molecule has 3 heteroatoms. The number of aryl methyl sites for hydroxylation is 1. The highest BCUT2D eigenvalue weighted by atomic mass is 32.1. The summed E-state index contributed by atoms with van der Waals surface area (Å²) in [4.78, 5) is 13.8. The molecule has 0 spiro atoms. The second kappa shape index (κ2) is 5.27. The van der Waals surface area contributed by atoms with E-state index < -0.39 is 0 Å². The van der Waals surface area contributed by atoms with Gasteiger partial charge in [-0.05, 0) is 25.5 Å². The average Bonchev–Trinajstić information content (AvgIpc) is 2.60. The standard InChI is InChI=1S/C11H16O2S/c1-4-5-9(13-3)11(12)10-7-6-8(2)14-10/h6-7,9H,4-5H2,1-3H3. The topological polar surface area (TPSA) is 26.3 Å². The highest BCUT2D eigenvalue weighted by Crippen LogP contribution is 2.19. The van der Waals surface area contributed by atoms with Crippen molar-refractivity contribution in [2.24, 2.45) is 0 Å². The van der Waals surface area contributed by atoms with Gasteiger partial charge in [-0.2, -0.15) is 0 Å². The molecule has 0 aliphatic carbocycles. The first-order valence-electron chi connectivity index (χ1n) is 4.82. The van der Waals surface area contributed by atoms with Crippen LogP contribution in [0.1, 0.15) is 34.3 Å². The number of ether oxygens (including phenoxy) is 1. The summed E-state index contributed by atoms with van der Waals surface area (Å²) in [7, 11) is 1.60. The zero-order chi connectivity index (χ0) is 10.6. The number of methoxy groups -OCH3 is 1. The summed E-state index contributed by atoms with van der Waals surface area (Å²) in [6.07, 6.45) is 1.50. The molecule has 0 aliphatic rings. The van der Waals surface area contributed by atoms with Crippen LogP contribution in [0.25, 0.3) is 0 Å². The molecule has 0 aromatic carbocycles. The average molecular weight is 212 g/mol. The van der Waals surface area contributed by atoms with Gasteiger partial charge in [0, 0.05) is 12.0 Å². The van der Waals surface area contributed by atoms with Crippen LogP contribution >= 0.6 is 11.3 Å². The molecule has 1 rings (SSSR count). The Kier molecular flexibility index (Phi) is 4.29. The van der Waals surface area contributed by atoms with Crippen molar-refractivity contribution in [3.05, 3.63) is 21.9 Å². The minimum Gasteiger partial charge on any atom is -0.373 e. The Bertz CT molecular complexity index is 304. The van der Waals surface area contributed by atoms with E-state index in [0.29, 0.717) is 0 Å². The van der Waals surface area contributed by atoms with Crippen LogP contribution in [0.5, 0.6) is 0 Å². The van der Waals surface area contributed by atoms with Gasteiger partial charge in [-0.25, -0.2) is 0 Å². The molecule has 0 radical (unpaired) electrons. The van der Waals surface area contributed by atoms with Crippen LogP contribution in [-0.4, -0.2) is 19.0 Å². The van der Waals surface area contributed by atoms with Crippen molar-refractivity contribution in [2.45, 2.75) is 32.8 Å². The van der Waals surface area contributed by atoms with Gasteiger partial charge in [0.1, 0.15) is 6.10 Å². The fourth-order valence-electron chi connectivity index (χ4n) is 1.34. The number of carbonyl (C=O) groups is 1. The van der Waals surface area contributed by atoms with E-state index in [1.807, 2.05) is 19.1 Å². The Labute approximate surface area is 88.9 Å². The lowest BCUT2D eigenvalue weighted by Crippen LogP contribution is -2.21. The molecular weight excluding hydrogens is 196 g/mol. The van der Waals surface area contributed by atoms with Gasteiger partial charge in [-0.15, -0.1) is 11.3 Å². The van der Waals surface area contributed by atoms with E-state index in [0.717, 1.165) is 17.7 Å². The molecule has 2 nitrogen and oxygen atoms in total. The van der Waals surface area contributed by atoms with E-state index in [1.54, 1.807) is 7.11 Å². The van der Waals surface area contributed by atoms with Gasteiger partial charge in [0.25, 0.3) is 0 Å². The van der Waals surface area contributed by atoms with Crippen LogP contribution in [0, 0.1) is 6.92 Å². The maximum Gasteiger partial charge on any atom is 0.201 e. The Morgan fingerprint density at radius 2 is 2.29 bits per heavy atom. The largest absolute Gasteiger partial charge is 0.373 e. The van der Waals surface area contributed by atoms with Crippen molar-refractivity contribution in [3.63, 3.8) is 0 Å². The van der Waals surface area contributed by atoms with Gasteiger partial charge in [0.2, 0.25) is 5.78 Å². The van der Waals surface area contributed by atoms with Crippen molar-refractivity contribution in [3.8, 4) is 0 Å². The van der Waals surface area contributed by atoms with Crippen LogP contribution < -0.4 is 0 Å². The van der Waals surface area contributed by atoms with Crippen LogP contribution in [0.15, 0.2) is 12.1 Å². The highest BCUT2D eigenvalue weighted by Gasteiger charge is 2.19. The zero-order valence-corrected chi connectivity index (χ0v) is 9.69. The van der Waals surface area contributed by atoms with Crippen molar-refractivity contribution in [1.29, 1.82) is 0 Å². The monoisotopic (exact) mass is 212 g/mol. The van der Waals surface area contributed by atoms with E-state index >= 15 is 0 Å². The van der Waals surface area contributed by atoms with Crippen molar-refractivity contribution in [2.75, 3.05) is 7.11 Å². The molecule has 1 atom stereocenters. The fourth-order valence-corrected chi connectivity index (χ4v) is 2.19. The van der Waals surface area contributed by atoms with Gasteiger partial charge < -0.3 is 4.74 Å². The van der Waals surface area contributed by atoms with Crippen LogP contribution in [0.4, 0.5) is 0 Å². The van der Waals surface area contributed by atoms with Crippen molar-refractivity contribution < 1.29 is 9.53 Å². The van der Waals surface area contributed by atoms with Gasteiger partial charge in [-0.1, -0.05) is 13.3 Å². The van der Waals surface area contributed by atoms with Gasteiger partial charge in [0.05, 0.1) is 4.88 Å². The van der Waals surface area contributed by atoms with Gasteiger partial charge in [-0.3, -0.25) is 4.79 Å². The molecule has 1 heterocycles. The molecule has 78 valence electrons. The maximum absolute atomic E-state index is 11.9. The lowest BCUT2D eigenvalue weighted by atomic mass is 10.1. The molecular formula is C11H16O2S. The molecule has 0 N–H and O–H groups in total. The molecule has 0 fully saturated rings. The SMILES string of the molecule is CCCC(OC)C(=O)c1ccc(C)s1. The fraction of sp³-hybridized carbons (Fsp3) is 0.545. The molecule has 0 saturated heterocycles. The summed E-state index contributed by atoms with van der Waals surface area (Å²) in [5.41, 5.74) is 0. The number of Topliss-reactive ketones (excluding diaryl/α,β-unsaturated/α-hetero) is 1. The first-order chi connectivity index (χ1) is 6.69. The van der Waals surface area contributed by atoms with E-state index in [1.165, 1.54) is 16.2 Å². The smallest absolute Gasteiger partial charge is 0.201 e. The summed E-state index contributed by atoms with van der Waals surface area (Å²) in [6.45, 7) is 4.06. The number of hydrogen-bond donors (Lipinski definition) is 0. The molecule has 1 aromatic heterocycles. The third-order valence-electron chi connectivity index (χ3n) is 2.11. The van der Waals surface area contributed by atoms with Crippen molar-refractivity contribution >= 4 is 17.1 Å². The summed E-state index contributed by atoms with van der Waals surface area (Å²) >= 11 is 1.54. The molecule has 0 bridgehead atoms. The quantitative estimate of drug-likeness (QED) is 0.701. The summed E-state index contributed by atoms with van der Waals surface area (Å²) in [5.74, 6) is 0.118. The third kappa shape index (κ3) is 2.66. The Morgan fingerprint density at radius 3 is 2.71 bits per heavy atom.